The molecule has 0 spiro atoms. The van der Waals surface area contributed by atoms with Gasteiger partial charge in [-0.1, -0.05) is 13.3 Å². The van der Waals surface area contributed by atoms with E-state index in [1.54, 1.807) is 0 Å². The van der Waals surface area contributed by atoms with Crippen molar-refractivity contribution in [3.05, 3.63) is 12.7 Å². The maximum absolute atomic E-state index is 11.2. The van der Waals surface area contributed by atoms with Gasteiger partial charge in [0.15, 0.2) is 0 Å². The van der Waals surface area contributed by atoms with Gasteiger partial charge >= 0.3 is 131 Å². The summed E-state index contributed by atoms with van der Waals surface area (Å²) >= 11 is 1.15. The van der Waals surface area contributed by atoms with Crippen LogP contribution in [0.2, 0.25) is 3.67 Å². The van der Waals surface area contributed by atoms with Crippen LogP contribution >= 0.6 is 0 Å². The van der Waals surface area contributed by atoms with Crippen LogP contribution in [-0.4, -0.2) is 39.9 Å². The van der Waals surface area contributed by atoms with E-state index in [2.05, 4.69) is 18.8 Å². The summed E-state index contributed by atoms with van der Waals surface area (Å²) in [6.07, 6.45) is 16.2. The summed E-state index contributed by atoms with van der Waals surface area (Å²) in [6, 6.07) is 0.390. The van der Waals surface area contributed by atoms with Crippen molar-refractivity contribution in [1.29, 1.82) is 0 Å². The third-order valence-corrected chi connectivity index (χ3v) is 4.92. The summed E-state index contributed by atoms with van der Waals surface area (Å²) in [5, 5.41) is 3.02. The van der Waals surface area contributed by atoms with E-state index in [1.807, 2.05) is 0 Å². The Labute approximate surface area is 143 Å². The minimum Gasteiger partial charge on any atom is -0.0654 e. The van der Waals surface area contributed by atoms with Gasteiger partial charge in [-0.25, -0.2) is 0 Å². The predicted molar refractivity (Wildman–Crippen MR) is 89.1 cm³/mol. The van der Waals surface area contributed by atoms with Gasteiger partial charge in [-0.15, -0.1) is 0 Å². The van der Waals surface area contributed by atoms with Gasteiger partial charge in [0.05, 0.1) is 0 Å². The molecule has 0 saturated heterocycles. The molecule has 1 unspecified atom stereocenters. The van der Waals surface area contributed by atoms with Crippen LogP contribution in [-0.2, 0) is 4.79 Å². The first kappa shape index (κ1) is 20.2. The van der Waals surface area contributed by atoms with E-state index in [4.69, 9.17) is 0 Å². The standard InChI is InChI=1S/C17H32NO.Na/c1-4-6-7-8-9-10-11-12-13-14-15-16(3)18-17(19)5-2;/h5,16H,2-4,6-15H2,1H3,(H,18,19);. The number of rotatable bonds is 14. The first-order valence-corrected chi connectivity index (χ1v) is 10.1. The van der Waals surface area contributed by atoms with E-state index in [1.165, 1.54) is 70.3 Å². The van der Waals surface area contributed by atoms with Gasteiger partial charge in [-0.2, -0.15) is 0 Å². The van der Waals surface area contributed by atoms with Crippen LogP contribution in [0, 0.1) is 0 Å². The molecule has 0 aromatic carbocycles. The zero-order chi connectivity index (χ0) is 15.1. The van der Waals surface area contributed by atoms with Crippen molar-refractivity contribution in [2.45, 2.75) is 87.3 Å². The third kappa shape index (κ3) is 13.2. The van der Waals surface area contributed by atoms with Crippen molar-refractivity contribution < 1.29 is 4.79 Å². The van der Waals surface area contributed by atoms with E-state index in [0.717, 1.165) is 38.0 Å². The number of unbranched alkanes of at least 4 members (excludes halogenated alkanes) is 9. The number of carbonyl (C=O) groups excluding carboxylic acids is 1. The Kier molecular flexibility index (Phi) is 15.8. The summed E-state index contributed by atoms with van der Waals surface area (Å²) in [5.74, 6) is -0.0158. The van der Waals surface area contributed by atoms with E-state index < -0.39 is 0 Å². The van der Waals surface area contributed by atoms with Crippen LogP contribution in [0.15, 0.2) is 12.7 Å². The zero-order valence-electron chi connectivity index (χ0n) is 13.8. The van der Waals surface area contributed by atoms with Crippen LogP contribution in [0.5, 0.6) is 0 Å². The molecule has 0 fully saturated rings. The molecule has 3 heteroatoms. The molecule has 0 bridgehead atoms. The van der Waals surface area contributed by atoms with E-state index in [9.17, 15) is 4.79 Å². The fourth-order valence-corrected chi connectivity index (χ4v) is 3.13. The van der Waals surface area contributed by atoms with Crippen LogP contribution in [0.25, 0.3) is 0 Å². The Morgan fingerprint density at radius 1 is 1.05 bits per heavy atom. The molecule has 0 saturated carbocycles. The molecule has 0 radical (unpaired) electrons. The fourth-order valence-electron chi connectivity index (χ4n) is 2.52. The monoisotopic (exact) mass is 289 g/mol. The predicted octanol–water partition coefficient (Wildman–Crippen LogP) is 4.56. The summed E-state index contributed by atoms with van der Waals surface area (Å²) in [6.45, 7) is 5.77. The second kappa shape index (κ2) is 15.6. The van der Waals surface area contributed by atoms with Crippen molar-refractivity contribution >= 4 is 33.8 Å². The average Bonchev–Trinajstić information content (AvgIpc) is 2.47. The van der Waals surface area contributed by atoms with Crippen LogP contribution < -0.4 is 5.32 Å². The molecule has 0 aromatic heterocycles. The maximum atomic E-state index is 11.2. The van der Waals surface area contributed by atoms with Crippen LogP contribution in [0.3, 0.4) is 0 Å². The molecule has 20 heavy (non-hydrogen) atoms. The van der Waals surface area contributed by atoms with Gasteiger partial charge in [0.25, 0.3) is 0 Å². The molecule has 0 aliphatic rings. The second-order valence-electron chi connectivity index (χ2n) is 5.79. The smallest absolute Gasteiger partial charge is 0.0654 e. The van der Waals surface area contributed by atoms with Gasteiger partial charge in [-0.3, -0.25) is 0 Å². The van der Waals surface area contributed by atoms with Gasteiger partial charge < -0.3 is 0 Å². The molecule has 0 rings (SSSR count). The number of hydrogen-bond acceptors (Lipinski definition) is 1. The van der Waals surface area contributed by atoms with Gasteiger partial charge in [0, 0.05) is 0 Å². The summed E-state index contributed by atoms with van der Waals surface area (Å²) < 4.78 is 1.15. The molecular formula is C17H32NNaO. The second-order valence-corrected chi connectivity index (χ2v) is 6.61. The van der Waals surface area contributed by atoms with Gasteiger partial charge in [-0.05, 0) is 0 Å². The normalized spacial score (nSPS) is 12.2. The van der Waals surface area contributed by atoms with Crippen LogP contribution in [0.4, 0.5) is 0 Å². The van der Waals surface area contributed by atoms with Crippen molar-refractivity contribution in [2.24, 2.45) is 0 Å². The summed E-state index contributed by atoms with van der Waals surface area (Å²) in [7, 11) is 0. The van der Waals surface area contributed by atoms with Crippen molar-refractivity contribution in [2.75, 3.05) is 0 Å². The Morgan fingerprint density at radius 3 is 2.00 bits per heavy atom. The van der Waals surface area contributed by atoms with Crippen molar-refractivity contribution in [3.8, 4) is 0 Å². The number of carbonyl (C=O) groups is 1. The minimum atomic E-state index is -0.0158. The van der Waals surface area contributed by atoms with E-state index in [-0.39, 0.29) is 5.91 Å². The van der Waals surface area contributed by atoms with Crippen LogP contribution in [0.1, 0.15) is 77.6 Å². The molecular weight excluding hydrogens is 257 g/mol. The molecule has 0 aromatic rings. The molecule has 1 atom stereocenters. The SMILES string of the molecule is C=CC(=O)NC([CH2][Na])CCCCCCCCCCCC. The van der Waals surface area contributed by atoms with Gasteiger partial charge in [0.2, 0.25) is 0 Å². The summed E-state index contributed by atoms with van der Waals surface area (Å²) in [5.41, 5.74) is 0. The number of hydrogen-bond donors (Lipinski definition) is 1. The first-order chi connectivity index (χ1) is 9.74. The van der Waals surface area contributed by atoms with E-state index >= 15 is 0 Å². The molecule has 112 valence electrons. The molecule has 1 N–H and O–H groups in total. The minimum absolute atomic E-state index is 0.0158. The van der Waals surface area contributed by atoms with E-state index in [0.29, 0.717) is 6.04 Å². The Bertz CT molecular complexity index is 243. The number of nitrogens with one attached hydrogen (secondary N) is 1. The Hall–Kier alpha value is 0.210. The molecule has 0 heterocycles. The first-order valence-electron chi connectivity index (χ1n) is 8.67. The zero-order valence-corrected chi connectivity index (χ0v) is 15.8. The fraction of sp³-hybridized carbons (Fsp3) is 0.824. The van der Waals surface area contributed by atoms with Crippen molar-refractivity contribution in [3.63, 3.8) is 0 Å². The molecule has 1 amide bonds. The quantitative estimate of drug-likeness (QED) is 0.283. The Morgan fingerprint density at radius 2 is 1.55 bits per heavy atom. The molecule has 0 aliphatic heterocycles. The topological polar surface area (TPSA) is 29.1 Å². The Balaban J connectivity index is 3.33. The number of amides is 1. The average molecular weight is 289 g/mol. The molecule has 2 nitrogen and oxygen atoms in total. The van der Waals surface area contributed by atoms with Crippen molar-refractivity contribution in [1.82, 2.24) is 5.32 Å². The summed E-state index contributed by atoms with van der Waals surface area (Å²) in [4.78, 5) is 11.2. The molecule has 0 aliphatic carbocycles. The van der Waals surface area contributed by atoms with Gasteiger partial charge in [0.1, 0.15) is 0 Å². The third-order valence-electron chi connectivity index (χ3n) is 3.93.